The van der Waals surface area contributed by atoms with Gasteiger partial charge in [0, 0.05) is 11.6 Å². The maximum atomic E-state index is 13.2. The number of anilines is 2. The van der Waals surface area contributed by atoms with Gasteiger partial charge in [-0.25, -0.2) is 9.37 Å². The van der Waals surface area contributed by atoms with Crippen LogP contribution in [0.25, 0.3) is 0 Å². The number of hydrogen-bond donors (Lipinski definition) is 3. The summed E-state index contributed by atoms with van der Waals surface area (Å²) in [5, 5.41) is 14.7. The van der Waals surface area contributed by atoms with Crippen LogP contribution in [0.15, 0.2) is 18.2 Å². The van der Waals surface area contributed by atoms with Crippen LogP contribution >= 0.6 is 11.6 Å². The number of halogens is 2. The summed E-state index contributed by atoms with van der Waals surface area (Å²) in [4.78, 5) is 19.4. The van der Waals surface area contributed by atoms with Crippen molar-refractivity contribution in [3.05, 3.63) is 50.4 Å². The normalized spacial score (nSPS) is 19.1. The summed E-state index contributed by atoms with van der Waals surface area (Å²) in [5.74, 6) is 0.392. The van der Waals surface area contributed by atoms with E-state index in [1.807, 2.05) is 0 Å². The highest BCUT2D eigenvalue weighted by atomic mass is 35.5. The smallest absolute Gasteiger partial charge is 0.332 e. The number of nitro groups is 1. The topological polar surface area (TPSA) is 133 Å². The fraction of sp³-hybridized carbons (Fsp3) is 0.474. The third kappa shape index (κ3) is 5.30. The molecule has 0 bridgehead atoms. The van der Waals surface area contributed by atoms with Gasteiger partial charge in [0.2, 0.25) is 11.8 Å². The summed E-state index contributed by atoms with van der Waals surface area (Å²) in [7, 11) is 0. The molecule has 1 aromatic carbocycles. The van der Waals surface area contributed by atoms with E-state index in [9.17, 15) is 14.5 Å². The van der Waals surface area contributed by atoms with Gasteiger partial charge in [-0.3, -0.25) is 10.1 Å². The molecule has 0 unspecified atom stereocenters. The Balaban J connectivity index is 1.77. The van der Waals surface area contributed by atoms with Crippen LogP contribution in [0.5, 0.6) is 0 Å². The quantitative estimate of drug-likeness (QED) is 0.457. The Bertz CT molecular complexity index is 889. The van der Waals surface area contributed by atoms with Crippen molar-refractivity contribution >= 4 is 29.1 Å². The zero-order valence-corrected chi connectivity index (χ0v) is 16.7. The van der Waals surface area contributed by atoms with Gasteiger partial charge in [-0.05, 0) is 68.2 Å². The molecule has 8 nitrogen and oxygen atoms in total. The van der Waals surface area contributed by atoms with Crippen LogP contribution in [-0.4, -0.2) is 21.4 Å². The lowest BCUT2D eigenvalue weighted by atomic mass is 9.80. The lowest BCUT2D eigenvalue weighted by molar-refractivity contribution is -0.385. The maximum absolute atomic E-state index is 13.2. The van der Waals surface area contributed by atoms with E-state index in [-0.39, 0.29) is 29.0 Å². The minimum atomic E-state index is -0.531. The number of nitrogen functional groups attached to an aromatic ring is 1. The first-order valence-electron chi connectivity index (χ1n) is 9.56. The summed E-state index contributed by atoms with van der Waals surface area (Å²) in [6, 6.07) is 4.07. The molecule has 10 heteroatoms. The zero-order chi connectivity index (χ0) is 21.0. The van der Waals surface area contributed by atoms with Crippen molar-refractivity contribution in [1.29, 1.82) is 0 Å². The summed E-state index contributed by atoms with van der Waals surface area (Å²) in [6.07, 6.45) is 4.41. The molecule has 1 aliphatic carbocycles. The third-order valence-corrected chi connectivity index (χ3v) is 5.75. The van der Waals surface area contributed by atoms with Gasteiger partial charge in [-0.15, -0.1) is 0 Å². The summed E-state index contributed by atoms with van der Waals surface area (Å²) in [5.41, 5.74) is 12.3. The van der Waals surface area contributed by atoms with Crippen molar-refractivity contribution < 1.29 is 9.31 Å². The van der Waals surface area contributed by atoms with Crippen LogP contribution in [0, 0.1) is 27.8 Å². The minimum Gasteiger partial charge on any atom is -0.378 e. The number of hydrogen-bond acceptors (Lipinski definition) is 7. The van der Waals surface area contributed by atoms with Crippen LogP contribution in [0.1, 0.15) is 36.9 Å². The van der Waals surface area contributed by atoms with E-state index in [1.54, 1.807) is 6.07 Å². The van der Waals surface area contributed by atoms with Crippen molar-refractivity contribution in [2.24, 2.45) is 17.6 Å². The van der Waals surface area contributed by atoms with Crippen molar-refractivity contribution in [3.8, 4) is 0 Å². The zero-order valence-electron chi connectivity index (χ0n) is 15.9. The fourth-order valence-electron chi connectivity index (χ4n) is 3.73. The maximum Gasteiger partial charge on any atom is 0.332 e. The third-order valence-electron chi connectivity index (χ3n) is 5.40. The van der Waals surface area contributed by atoms with Crippen molar-refractivity contribution in [2.75, 3.05) is 17.6 Å². The van der Waals surface area contributed by atoms with E-state index in [1.165, 1.54) is 12.1 Å². The summed E-state index contributed by atoms with van der Waals surface area (Å²) < 4.78 is 13.2. The number of rotatable bonds is 7. The number of nitrogens with zero attached hydrogens (tertiary/aromatic N) is 3. The number of nitrogens with one attached hydrogen (secondary N) is 1. The molecule has 1 heterocycles. The molecule has 0 amide bonds. The van der Waals surface area contributed by atoms with E-state index in [0.29, 0.717) is 36.1 Å². The van der Waals surface area contributed by atoms with Gasteiger partial charge in [-0.2, -0.15) is 4.98 Å². The Morgan fingerprint density at radius 2 is 1.93 bits per heavy atom. The highest BCUT2D eigenvalue weighted by Gasteiger charge is 2.27. The molecule has 0 saturated heterocycles. The van der Waals surface area contributed by atoms with Gasteiger partial charge < -0.3 is 16.8 Å². The van der Waals surface area contributed by atoms with Crippen LogP contribution < -0.4 is 16.8 Å². The molecule has 1 saturated carbocycles. The molecule has 156 valence electrons. The molecule has 0 spiro atoms. The van der Waals surface area contributed by atoms with Crippen LogP contribution in [0.4, 0.5) is 21.8 Å². The van der Waals surface area contributed by atoms with E-state index >= 15 is 0 Å². The highest BCUT2D eigenvalue weighted by Crippen LogP contribution is 2.34. The van der Waals surface area contributed by atoms with Gasteiger partial charge in [0.15, 0.2) is 0 Å². The number of nitrogens with two attached hydrogens (primary N) is 2. The van der Waals surface area contributed by atoms with E-state index < -0.39 is 10.7 Å². The average Bonchev–Trinajstić information content (AvgIpc) is 2.67. The first-order chi connectivity index (χ1) is 13.9. The lowest BCUT2D eigenvalue weighted by Gasteiger charge is -2.27. The molecule has 2 aromatic rings. The first kappa shape index (κ1) is 21.2. The summed E-state index contributed by atoms with van der Waals surface area (Å²) >= 11 is 6.03. The molecular weight excluding hydrogens is 399 g/mol. The Hall–Kier alpha value is -2.52. The van der Waals surface area contributed by atoms with E-state index in [0.717, 1.165) is 25.7 Å². The van der Waals surface area contributed by atoms with Crippen molar-refractivity contribution in [2.45, 2.75) is 38.6 Å². The highest BCUT2D eigenvalue weighted by molar-refractivity contribution is 6.31. The Morgan fingerprint density at radius 3 is 2.55 bits per heavy atom. The summed E-state index contributed by atoms with van der Waals surface area (Å²) in [6.45, 7) is 0.907. The molecule has 1 aliphatic rings. The molecule has 1 aromatic heterocycles. The monoisotopic (exact) mass is 422 g/mol. The Kier molecular flexibility index (Phi) is 6.81. The van der Waals surface area contributed by atoms with Crippen LogP contribution in [0.2, 0.25) is 5.02 Å². The molecule has 29 heavy (non-hydrogen) atoms. The van der Waals surface area contributed by atoms with Crippen molar-refractivity contribution in [3.63, 3.8) is 0 Å². The standard InChI is InChI=1S/C19H24ClFN6O2/c20-15-8-14(21)6-5-13(15)10-24-19-25-16(17(27(28)29)18(23)26-19)7-11-1-3-12(9-22)4-2-11/h5-6,8,11-12H,1-4,7,9-10,22H2,(H3,23,24,25,26). The number of aromatic nitrogens is 2. The molecular formula is C19H24ClFN6O2. The molecule has 5 N–H and O–H groups in total. The molecule has 3 rings (SSSR count). The second-order valence-electron chi connectivity index (χ2n) is 7.40. The predicted molar refractivity (Wildman–Crippen MR) is 110 cm³/mol. The van der Waals surface area contributed by atoms with Gasteiger partial charge in [0.25, 0.3) is 0 Å². The van der Waals surface area contributed by atoms with E-state index in [4.69, 9.17) is 23.1 Å². The molecule has 0 aliphatic heterocycles. The SMILES string of the molecule is NCC1CCC(Cc2nc(NCc3ccc(F)cc3Cl)nc(N)c2[N+](=O)[O-])CC1. The van der Waals surface area contributed by atoms with Gasteiger partial charge in [0.05, 0.1) is 4.92 Å². The van der Waals surface area contributed by atoms with Gasteiger partial charge in [0.1, 0.15) is 11.5 Å². The van der Waals surface area contributed by atoms with Crippen LogP contribution in [-0.2, 0) is 13.0 Å². The lowest BCUT2D eigenvalue weighted by Crippen LogP contribution is -2.23. The fourth-order valence-corrected chi connectivity index (χ4v) is 3.96. The largest absolute Gasteiger partial charge is 0.378 e. The minimum absolute atomic E-state index is 0.177. The molecule has 1 fully saturated rings. The second-order valence-corrected chi connectivity index (χ2v) is 7.81. The van der Waals surface area contributed by atoms with E-state index in [2.05, 4.69) is 15.3 Å². The average molecular weight is 423 g/mol. The van der Waals surface area contributed by atoms with Crippen LogP contribution in [0.3, 0.4) is 0 Å². The Morgan fingerprint density at radius 1 is 1.24 bits per heavy atom. The predicted octanol–water partition coefficient (Wildman–Crippen LogP) is 3.68. The Labute approximate surface area is 173 Å². The first-order valence-corrected chi connectivity index (χ1v) is 9.93. The molecule has 0 radical (unpaired) electrons. The number of benzene rings is 1. The molecule has 0 atom stereocenters. The van der Waals surface area contributed by atoms with Gasteiger partial charge >= 0.3 is 5.69 Å². The van der Waals surface area contributed by atoms with Gasteiger partial charge in [-0.1, -0.05) is 17.7 Å². The second kappa shape index (κ2) is 9.32. The van der Waals surface area contributed by atoms with Crippen molar-refractivity contribution in [1.82, 2.24) is 9.97 Å².